The van der Waals surface area contributed by atoms with Crippen molar-refractivity contribution < 1.29 is 19.1 Å². The van der Waals surface area contributed by atoms with E-state index in [0.29, 0.717) is 41.7 Å². The molecule has 29 heavy (non-hydrogen) atoms. The molecule has 1 aliphatic heterocycles. The first-order valence-electron chi connectivity index (χ1n) is 9.13. The van der Waals surface area contributed by atoms with Crippen LogP contribution in [0.5, 0.6) is 11.5 Å². The zero-order chi connectivity index (χ0) is 20.2. The van der Waals surface area contributed by atoms with Crippen molar-refractivity contribution in [2.75, 3.05) is 23.8 Å². The summed E-state index contributed by atoms with van der Waals surface area (Å²) < 4.78 is 11.0. The molecule has 0 saturated carbocycles. The van der Waals surface area contributed by atoms with Gasteiger partial charge in [-0.15, -0.1) is 0 Å². The predicted octanol–water partition coefficient (Wildman–Crippen LogP) is 4.05. The Hall–Kier alpha value is -3.87. The molecule has 146 valence electrons. The van der Waals surface area contributed by atoms with E-state index in [1.165, 1.54) is 6.92 Å². The number of carbonyl (C=O) groups is 2. The van der Waals surface area contributed by atoms with Crippen LogP contribution < -0.4 is 20.1 Å². The van der Waals surface area contributed by atoms with Gasteiger partial charge in [0.25, 0.3) is 5.91 Å². The van der Waals surface area contributed by atoms with E-state index in [9.17, 15) is 9.59 Å². The lowest BCUT2D eigenvalue weighted by Gasteiger charge is -2.19. The largest absolute Gasteiger partial charge is 0.486 e. The molecule has 0 spiro atoms. The number of nitrogens with one attached hydrogen (secondary N) is 2. The molecule has 0 bridgehead atoms. The van der Waals surface area contributed by atoms with Gasteiger partial charge in [0, 0.05) is 34.9 Å². The highest BCUT2D eigenvalue weighted by Gasteiger charge is 2.14. The predicted molar refractivity (Wildman–Crippen MR) is 109 cm³/mol. The first-order valence-corrected chi connectivity index (χ1v) is 9.13. The summed E-state index contributed by atoms with van der Waals surface area (Å²) >= 11 is 0. The maximum absolute atomic E-state index is 12.6. The molecule has 1 aromatic heterocycles. The van der Waals surface area contributed by atoms with Gasteiger partial charge < -0.3 is 20.1 Å². The number of ketones is 1. The number of Topliss-reactive ketones (excluding diaryl/α,β-unsaturated/α-hetero) is 1. The van der Waals surface area contributed by atoms with Crippen molar-refractivity contribution in [2.45, 2.75) is 6.92 Å². The Labute approximate surface area is 167 Å². The Balaban J connectivity index is 1.49. The van der Waals surface area contributed by atoms with Gasteiger partial charge in [-0.2, -0.15) is 0 Å². The second kappa shape index (κ2) is 8.02. The van der Waals surface area contributed by atoms with Crippen LogP contribution in [0.25, 0.3) is 0 Å². The third kappa shape index (κ3) is 4.35. The number of rotatable bonds is 5. The van der Waals surface area contributed by atoms with Gasteiger partial charge in [-0.1, -0.05) is 12.1 Å². The molecule has 0 unspecified atom stereocenters. The Bertz CT molecular complexity index is 1080. The van der Waals surface area contributed by atoms with Gasteiger partial charge in [0.2, 0.25) is 0 Å². The van der Waals surface area contributed by atoms with Crippen LogP contribution in [0.4, 0.5) is 17.1 Å². The smallest absolute Gasteiger partial charge is 0.274 e. The normalized spacial score (nSPS) is 12.2. The fourth-order valence-electron chi connectivity index (χ4n) is 2.93. The van der Waals surface area contributed by atoms with Crippen molar-refractivity contribution in [3.8, 4) is 11.5 Å². The summed E-state index contributed by atoms with van der Waals surface area (Å²) in [5, 5.41) is 6.00. The average molecular weight is 389 g/mol. The number of anilines is 3. The van der Waals surface area contributed by atoms with Crippen molar-refractivity contribution in [2.24, 2.45) is 0 Å². The lowest BCUT2D eigenvalue weighted by Crippen LogP contribution is -2.17. The SMILES string of the molecule is CC(=O)c1cccc(Nc2ccnc(C(=O)Nc3ccc4c(c3)OCCO4)c2)c1. The summed E-state index contributed by atoms with van der Waals surface area (Å²) in [6, 6.07) is 15.8. The maximum Gasteiger partial charge on any atom is 0.274 e. The van der Waals surface area contributed by atoms with Gasteiger partial charge in [-0.3, -0.25) is 14.6 Å². The Morgan fingerprint density at radius 1 is 0.897 bits per heavy atom. The van der Waals surface area contributed by atoms with Gasteiger partial charge in [-0.25, -0.2) is 0 Å². The van der Waals surface area contributed by atoms with E-state index in [4.69, 9.17) is 9.47 Å². The Morgan fingerprint density at radius 3 is 2.52 bits per heavy atom. The highest BCUT2D eigenvalue weighted by Crippen LogP contribution is 2.32. The number of aromatic nitrogens is 1. The summed E-state index contributed by atoms with van der Waals surface area (Å²) in [7, 11) is 0. The molecular weight excluding hydrogens is 370 g/mol. The molecule has 7 nitrogen and oxygen atoms in total. The fraction of sp³-hybridized carbons (Fsp3) is 0.136. The van der Waals surface area contributed by atoms with Crippen LogP contribution in [-0.2, 0) is 0 Å². The zero-order valence-electron chi connectivity index (χ0n) is 15.8. The van der Waals surface area contributed by atoms with Crippen molar-refractivity contribution in [3.63, 3.8) is 0 Å². The number of hydrogen-bond donors (Lipinski definition) is 2. The molecule has 4 rings (SSSR count). The standard InChI is InChI=1S/C22H19N3O4/c1-14(26)15-3-2-4-16(11-15)24-18-7-8-23-19(12-18)22(27)25-17-5-6-20-21(13-17)29-10-9-28-20/h2-8,11-13H,9-10H2,1H3,(H,23,24)(H,25,27). The molecule has 7 heteroatoms. The van der Waals surface area contributed by atoms with Crippen LogP contribution in [0.2, 0.25) is 0 Å². The number of fused-ring (bicyclic) bond motifs is 1. The first-order chi connectivity index (χ1) is 14.1. The van der Waals surface area contributed by atoms with E-state index in [2.05, 4.69) is 15.6 Å². The van der Waals surface area contributed by atoms with Crippen molar-refractivity contribution in [1.29, 1.82) is 0 Å². The average Bonchev–Trinajstić information content (AvgIpc) is 2.74. The van der Waals surface area contributed by atoms with Gasteiger partial charge in [0.1, 0.15) is 18.9 Å². The van der Waals surface area contributed by atoms with Crippen LogP contribution >= 0.6 is 0 Å². The molecular formula is C22H19N3O4. The number of amides is 1. The van der Waals surface area contributed by atoms with E-state index in [1.54, 1.807) is 54.7 Å². The molecule has 1 amide bonds. The second-order valence-corrected chi connectivity index (χ2v) is 6.50. The molecule has 2 aromatic carbocycles. The first kappa shape index (κ1) is 18.5. The van der Waals surface area contributed by atoms with Crippen molar-refractivity contribution in [3.05, 3.63) is 72.1 Å². The van der Waals surface area contributed by atoms with Crippen molar-refractivity contribution >= 4 is 28.8 Å². The second-order valence-electron chi connectivity index (χ2n) is 6.50. The summed E-state index contributed by atoms with van der Waals surface area (Å²) in [4.78, 5) is 28.3. The van der Waals surface area contributed by atoms with E-state index in [0.717, 1.165) is 5.69 Å². The van der Waals surface area contributed by atoms with Gasteiger partial charge >= 0.3 is 0 Å². The maximum atomic E-state index is 12.6. The zero-order valence-corrected chi connectivity index (χ0v) is 15.8. The highest BCUT2D eigenvalue weighted by molar-refractivity contribution is 6.03. The molecule has 0 atom stereocenters. The molecule has 2 heterocycles. The molecule has 0 radical (unpaired) electrons. The van der Waals surface area contributed by atoms with E-state index in [1.807, 2.05) is 6.07 Å². The number of nitrogens with zero attached hydrogens (tertiary/aromatic N) is 1. The number of pyridine rings is 1. The van der Waals surface area contributed by atoms with Crippen LogP contribution in [0.3, 0.4) is 0 Å². The fourth-order valence-corrected chi connectivity index (χ4v) is 2.93. The number of carbonyl (C=O) groups excluding carboxylic acids is 2. The molecule has 2 N–H and O–H groups in total. The van der Waals surface area contributed by atoms with E-state index in [-0.39, 0.29) is 17.4 Å². The molecule has 0 saturated heterocycles. The highest BCUT2D eigenvalue weighted by atomic mass is 16.6. The molecule has 0 aliphatic carbocycles. The van der Waals surface area contributed by atoms with E-state index < -0.39 is 0 Å². The Morgan fingerprint density at radius 2 is 1.69 bits per heavy atom. The number of ether oxygens (including phenoxy) is 2. The van der Waals surface area contributed by atoms with Crippen LogP contribution in [0.15, 0.2) is 60.8 Å². The lowest BCUT2D eigenvalue weighted by molar-refractivity contribution is 0.101. The summed E-state index contributed by atoms with van der Waals surface area (Å²) in [5.74, 6) is 0.903. The van der Waals surface area contributed by atoms with Crippen LogP contribution in [0, 0.1) is 0 Å². The monoisotopic (exact) mass is 389 g/mol. The van der Waals surface area contributed by atoms with Gasteiger partial charge in [0.05, 0.1) is 0 Å². The van der Waals surface area contributed by atoms with Crippen LogP contribution in [-0.4, -0.2) is 29.9 Å². The Kier molecular flexibility index (Phi) is 5.11. The van der Waals surface area contributed by atoms with Crippen molar-refractivity contribution in [1.82, 2.24) is 4.98 Å². The quantitative estimate of drug-likeness (QED) is 0.640. The van der Waals surface area contributed by atoms with Crippen LogP contribution in [0.1, 0.15) is 27.8 Å². The summed E-state index contributed by atoms with van der Waals surface area (Å²) in [5.41, 5.74) is 2.90. The number of benzene rings is 2. The summed E-state index contributed by atoms with van der Waals surface area (Å²) in [6.45, 7) is 2.51. The van der Waals surface area contributed by atoms with Gasteiger partial charge in [-0.05, 0) is 43.3 Å². The topological polar surface area (TPSA) is 89.6 Å². The minimum atomic E-state index is -0.345. The third-order valence-corrected chi connectivity index (χ3v) is 4.35. The molecule has 3 aromatic rings. The molecule has 0 fully saturated rings. The summed E-state index contributed by atoms with van der Waals surface area (Å²) in [6.07, 6.45) is 1.55. The molecule has 1 aliphatic rings. The van der Waals surface area contributed by atoms with E-state index >= 15 is 0 Å². The number of hydrogen-bond acceptors (Lipinski definition) is 6. The third-order valence-electron chi connectivity index (χ3n) is 4.35. The lowest BCUT2D eigenvalue weighted by atomic mass is 10.1. The minimum Gasteiger partial charge on any atom is -0.486 e. The van der Waals surface area contributed by atoms with Gasteiger partial charge in [0.15, 0.2) is 17.3 Å². The minimum absolute atomic E-state index is 0.0112.